The van der Waals surface area contributed by atoms with Gasteiger partial charge >= 0.3 is 58.4 Å². The van der Waals surface area contributed by atoms with Crippen molar-refractivity contribution in [2.45, 2.75) is 6.61 Å². The Balaban J connectivity index is 0.00000196. The monoisotopic (exact) mass is 262 g/mol. The van der Waals surface area contributed by atoms with Gasteiger partial charge in [0.1, 0.15) is 0 Å². The molecular weight excluding hydrogens is 254 g/mol. The van der Waals surface area contributed by atoms with E-state index in [2.05, 4.69) is 4.74 Å². The molecule has 15 heavy (non-hydrogen) atoms. The smallest absolute Gasteiger partial charge is 0.447 e. The maximum Gasteiger partial charge on any atom is 1.00 e. The Kier molecular flexibility index (Phi) is 7.79. The van der Waals surface area contributed by atoms with Gasteiger partial charge in [0.25, 0.3) is 0 Å². The molecule has 0 aliphatic carbocycles. The fourth-order valence-electron chi connectivity index (χ4n) is 0.937. The zero-order valence-corrected chi connectivity index (χ0v) is 12.1. The molecule has 0 unspecified atom stereocenters. The average Bonchev–Trinajstić information content (AvgIpc) is 2.01. The van der Waals surface area contributed by atoms with E-state index < -0.39 is 13.5 Å². The van der Waals surface area contributed by atoms with Crippen molar-refractivity contribution in [3.8, 4) is 0 Å². The number of hydrogen-bond donors (Lipinski definition) is 0. The normalized spacial score (nSPS) is 10.9. The van der Waals surface area contributed by atoms with Gasteiger partial charge in [-0.05, 0) is 17.7 Å². The molecule has 0 amide bonds. The van der Waals surface area contributed by atoms with Crippen LogP contribution in [-0.2, 0) is 11.3 Å². The third kappa shape index (κ3) is 7.79. The van der Waals surface area contributed by atoms with E-state index in [4.69, 9.17) is 11.6 Å². The van der Waals surface area contributed by atoms with Gasteiger partial charge in [0, 0.05) is 11.5 Å². The van der Waals surface area contributed by atoms with Crippen LogP contribution in [0.15, 0.2) is 24.3 Å². The topological polar surface area (TPSA) is 9.23 Å². The molecule has 0 saturated heterocycles. The minimum Gasteiger partial charge on any atom is -0.447 e. The van der Waals surface area contributed by atoms with Gasteiger partial charge in [-0.3, -0.25) is 0 Å². The number of halogens is 4. The summed E-state index contributed by atoms with van der Waals surface area (Å²) in [6, 6.07) is 6.55. The van der Waals surface area contributed by atoms with Gasteiger partial charge in [-0.25, -0.2) is 0 Å². The molecule has 0 radical (unpaired) electrons. The molecule has 0 saturated carbocycles. The fraction of sp³-hybridized carbons (Fsp3) is 0.250. The molecule has 1 nitrogen and oxygen atoms in total. The van der Waals surface area contributed by atoms with Crippen LogP contribution in [0.4, 0.5) is 12.9 Å². The van der Waals surface area contributed by atoms with Crippen LogP contribution in [0.3, 0.4) is 0 Å². The second kappa shape index (κ2) is 7.32. The van der Waals surface area contributed by atoms with Crippen molar-refractivity contribution in [1.82, 2.24) is 0 Å². The fourth-order valence-corrected chi connectivity index (χ4v) is 1.15. The minimum atomic E-state index is -4.86. The molecule has 7 heteroatoms. The first-order chi connectivity index (χ1) is 6.47. The Labute approximate surface area is 134 Å². The standard InChI is InChI=1S/C8H8BClF3O.K/c10-8-3-1-2-7(4-8)5-14-6-9(11,12)13;/h1-4H,5-6H2;/q-1;+1. The average molecular weight is 263 g/mol. The number of ether oxygens (including phenoxy) is 1. The first-order valence-corrected chi connectivity index (χ1v) is 4.38. The van der Waals surface area contributed by atoms with E-state index in [9.17, 15) is 12.9 Å². The van der Waals surface area contributed by atoms with E-state index in [1.807, 2.05) is 0 Å². The van der Waals surface area contributed by atoms with Gasteiger partial charge < -0.3 is 17.7 Å². The largest absolute Gasteiger partial charge is 1.00 e. The summed E-state index contributed by atoms with van der Waals surface area (Å²) in [7, 11) is 0. The summed E-state index contributed by atoms with van der Waals surface area (Å²) >= 11 is 5.64. The Bertz CT molecular complexity index is 308. The molecule has 1 rings (SSSR count). The Morgan fingerprint density at radius 1 is 1.27 bits per heavy atom. The SMILES string of the molecule is F[B-](F)(F)COCc1cccc(Cl)c1.[K+]. The number of hydrogen-bond acceptors (Lipinski definition) is 1. The molecule has 78 valence electrons. The molecule has 0 aromatic heterocycles. The molecule has 0 aliphatic rings. The minimum absolute atomic E-state index is 0. The van der Waals surface area contributed by atoms with E-state index in [1.165, 1.54) is 0 Å². The van der Waals surface area contributed by atoms with E-state index in [0.717, 1.165) is 0 Å². The second-order valence-electron chi connectivity index (χ2n) is 2.86. The van der Waals surface area contributed by atoms with Crippen LogP contribution in [0.2, 0.25) is 5.02 Å². The molecule has 1 aromatic rings. The first-order valence-electron chi connectivity index (χ1n) is 4.00. The van der Waals surface area contributed by atoms with Crippen LogP contribution in [-0.4, -0.2) is 13.5 Å². The predicted molar refractivity (Wildman–Crippen MR) is 50.2 cm³/mol. The van der Waals surface area contributed by atoms with Crippen LogP contribution in [0.1, 0.15) is 5.56 Å². The van der Waals surface area contributed by atoms with Gasteiger partial charge in [-0.2, -0.15) is 0 Å². The molecule has 0 spiro atoms. The molecule has 0 aliphatic heterocycles. The molecule has 0 heterocycles. The Morgan fingerprint density at radius 2 is 1.93 bits per heavy atom. The number of rotatable bonds is 4. The Morgan fingerprint density at radius 3 is 2.47 bits per heavy atom. The second-order valence-corrected chi connectivity index (χ2v) is 3.29. The predicted octanol–water partition coefficient (Wildman–Crippen LogP) is 0.247. The van der Waals surface area contributed by atoms with Crippen molar-refractivity contribution in [1.29, 1.82) is 0 Å². The van der Waals surface area contributed by atoms with E-state index in [0.29, 0.717) is 10.6 Å². The van der Waals surface area contributed by atoms with Crippen LogP contribution in [0.5, 0.6) is 0 Å². The van der Waals surface area contributed by atoms with Gasteiger partial charge in [-0.15, -0.1) is 0 Å². The maximum absolute atomic E-state index is 11.7. The zero-order valence-electron chi connectivity index (χ0n) is 8.22. The van der Waals surface area contributed by atoms with Crippen molar-refractivity contribution in [3.05, 3.63) is 34.9 Å². The summed E-state index contributed by atoms with van der Waals surface area (Å²) < 4.78 is 39.7. The van der Waals surface area contributed by atoms with Crippen molar-refractivity contribution in [3.63, 3.8) is 0 Å². The third-order valence-corrected chi connectivity index (χ3v) is 1.70. The summed E-state index contributed by atoms with van der Waals surface area (Å²) in [6.45, 7) is -6.11. The van der Waals surface area contributed by atoms with Gasteiger partial charge in [0.15, 0.2) is 0 Å². The van der Waals surface area contributed by atoms with Crippen molar-refractivity contribution >= 4 is 18.6 Å². The van der Waals surface area contributed by atoms with Crippen LogP contribution < -0.4 is 51.4 Å². The summed E-state index contributed by atoms with van der Waals surface area (Å²) in [5, 5.41) is 0.489. The molecule has 0 N–H and O–H groups in total. The van der Waals surface area contributed by atoms with Crippen LogP contribution >= 0.6 is 11.6 Å². The molecular formula is C8H8BClF3KO. The van der Waals surface area contributed by atoms with Crippen LogP contribution in [0, 0.1) is 0 Å². The Hall–Kier alpha value is 0.961. The quantitative estimate of drug-likeness (QED) is 0.707. The molecule has 0 fully saturated rings. The van der Waals surface area contributed by atoms with Gasteiger partial charge in [-0.1, -0.05) is 23.7 Å². The summed E-state index contributed by atoms with van der Waals surface area (Å²) in [6.07, 6.45) is 0. The van der Waals surface area contributed by atoms with Crippen molar-refractivity contribution in [2.24, 2.45) is 0 Å². The van der Waals surface area contributed by atoms with Crippen molar-refractivity contribution in [2.75, 3.05) is 6.51 Å². The molecule has 0 bridgehead atoms. The summed E-state index contributed by atoms with van der Waals surface area (Å²) in [5.74, 6) is 0. The van der Waals surface area contributed by atoms with Gasteiger partial charge in [0.2, 0.25) is 0 Å². The molecule has 1 aromatic carbocycles. The molecule has 0 atom stereocenters. The number of benzene rings is 1. The van der Waals surface area contributed by atoms with E-state index in [1.54, 1.807) is 24.3 Å². The summed E-state index contributed by atoms with van der Waals surface area (Å²) in [5.41, 5.74) is 0.637. The summed E-state index contributed by atoms with van der Waals surface area (Å²) in [4.78, 5) is 0. The van der Waals surface area contributed by atoms with Crippen LogP contribution in [0.25, 0.3) is 0 Å². The third-order valence-electron chi connectivity index (χ3n) is 1.46. The van der Waals surface area contributed by atoms with E-state index in [-0.39, 0.29) is 58.0 Å². The zero-order chi connectivity index (χ0) is 10.6. The van der Waals surface area contributed by atoms with Gasteiger partial charge in [0.05, 0.1) is 6.61 Å². The first kappa shape index (κ1) is 16.0. The maximum atomic E-state index is 11.7. The van der Waals surface area contributed by atoms with Crippen molar-refractivity contribution < 1.29 is 69.1 Å². The van der Waals surface area contributed by atoms with E-state index >= 15 is 0 Å².